The van der Waals surface area contributed by atoms with Crippen molar-refractivity contribution >= 4 is 22.2 Å². The average Bonchev–Trinajstić information content (AvgIpc) is 3.09. The first-order chi connectivity index (χ1) is 12.8. The topological polar surface area (TPSA) is 88.3 Å². The number of aliphatic hydroxyl groups is 1. The predicted octanol–water partition coefficient (Wildman–Crippen LogP) is 5.12. The van der Waals surface area contributed by atoms with Crippen molar-refractivity contribution in [2.24, 2.45) is 0 Å². The molecule has 6 nitrogen and oxygen atoms in total. The highest BCUT2D eigenvalue weighted by Gasteiger charge is 2.26. The SMILES string of the molecule is CC(C)(C)c1ccc(C(O)Nc2ncc(-c3ccccc3)s2)cc1[N+](=O)[O-]. The molecule has 0 fully saturated rings. The lowest BCUT2D eigenvalue weighted by molar-refractivity contribution is -0.386. The number of hydrogen-bond donors (Lipinski definition) is 2. The van der Waals surface area contributed by atoms with Crippen LogP contribution >= 0.6 is 11.3 Å². The Labute approximate surface area is 161 Å². The Bertz CT molecular complexity index is 949. The summed E-state index contributed by atoms with van der Waals surface area (Å²) in [6.07, 6.45) is 0.646. The van der Waals surface area contributed by atoms with Gasteiger partial charge in [0.2, 0.25) is 0 Å². The third-order valence-electron chi connectivity index (χ3n) is 4.17. The van der Waals surface area contributed by atoms with Gasteiger partial charge in [0.15, 0.2) is 11.4 Å². The fourth-order valence-corrected chi connectivity index (χ4v) is 3.62. The lowest BCUT2D eigenvalue weighted by Gasteiger charge is -2.20. The standard InChI is InChI=1S/C20H21N3O3S/c1-20(2,3)15-10-9-14(11-16(15)23(25)26)18(24)22-19-21-12-17(27-19)13-7-5-4-6-8-13/h4-12,18,24H,1-3H3,(H,21,22). The third kappa shape index (κ3) is 4.32. The average molecular weight is 383 g/mol. The van der Waals surface area contributed by atoms with Gasteiger partial charge in [-0.3, -0.25) is 10.1 Å². The van der Waals surface area contributed by atoms with Crippen molar-refractivity contribution in [3.8, 4) is 10.4 Å². The van der Waals surface area contributed by atoms with Gasteiger partial charge in [0.1, 0.15) is 0 Å². The van der Waals surface area contributed by atoms with E-state index in [2.05, 4.69) is 10.3 Å². The molecule has 0 saturated heterocycles. The van der Waals surface area contributed by atoms with E-state index in [1.807, 2.05) is 51.1 Å². The highest BCUT2D eigenvalue weighted by atomic mass is 32.1. The van der Waals surface area contributed by atoms with Crippen molar-refractivity contribution in [2.45, 2.75) is 32.4 Å². The van der Waals surface area contributed by atoms with Gasteiger partial charge >= 0.3 is 0 Å². The molecule has 1 unspecified atom stereocenters. The van der Waals surface area contributed by atoms with Crippen LogP contribution in [0.5, 0.6) is 0 Å². The number of nitro groups is 1. The molecule has 2 N–H and O–H groups in total. The minimum Gasteiger partial charge on any atom is -0.369 e. The first kappa shape index (κ1) is 19.0. The number of nitrogens with zero attached hydrogens (tertiary/aromatic N) is 2. The summed E-state index contributed by atoms with van der Waals surface area (Å²) in [4.78, 5) is 16.3. The zero-order valence-corrected chi connectivity index (χ0v) is 16.2. The summed E-state index contributed by atoms with van der Waals surface area (Å²) in [5.74, 6) is 0. The maximum absolute atomic E-state index is 11.5. The number of nitrogens with one attached hydrogen (secondary N) is 1. The second-order valence-corrected chi connectivity index (χ2v) is 8.26. The summed E-state index contributed by atoms with van der Waals surface area (Å²) in [5, 5.41) is 25.4. The Morgan fingerprint density at radius 1 is 1.19 bits per heavy atom. The molecular formula is C20H21N3O3S. The van der Waals surface area contributed by atoms with Crippen molar-refractivity contribution in [2.75, 3.05) is 5.32 Å². The molecule has 7 heteroatoms. The minimum atomic E-state index is -1.09. The molecule has 1 atom stereocenters. The van der Waals surface area contributed by atoms with Crippen LogP contribution in [0, 0.1) is 10.1 Å². The maximum atomic E-state index is 11.5. The van der Waals surface area contributed by atoms with E-state index < -0.39 is 11.2 Å². The molecule has 0 aliphatic rings. The lowest BCUT2D eigenvalue weighted by atomic mass is 9.85. The van der Waals surface area contributed by atoms with Crippen molar-refractivity contribution in [1.29, 1.82) is 0 Å². The molecule has 1 heterocycles. The van der Waals surface area contributed by atoms with Gasteiger partial charge < -0.3 is 10.4 Å². The van der Waals surface area contributed by atoms with E-state index in [1.165, 1.54) is 17.4 Å². The second kappa shape index (κ2) is 7.46. The van der Waals surface area contributed by atoms with Gasteiger partial charge in [-0.05, 0) is 11.0 Å². The molecule has 140 valence electrons. The highest BCUT2D eigenvalue weighted by Crippen LogP contribution is 2.34. The molecule has 0 amide bonds. The highest BCUT2D eigenvalue weighted by molar-refractivity contribution is 7.18. The van der Waals surface area contributed by atoms with E-state index in [1.54, 1.807) is 18.3 Å². The number of nitro benzene ring substituents is 1. The van der Waals surface area contributed by atoms with Crippen LogP contribution in [0.2, 0.25) is 0 Å². The van der Waals surface area contributed by atoms with E-state index >= 15 is 0 Å². The predicted molar refractivity (Wildman–Crippen MR) is 108 cm³/mol. The fourth-order valence-electron chi connectivity index (χ4n) is 2.78. The van der Waals surface area contributed by atoms with Gasteiger partial charge in [0.05, 0.1) is 9.80 Å². The summed E-state index contributed by atoms with van der Waals surface area (Å²) in [5.41, 5.74) is 1.74. The first-order valence-corrected chi connectivity index (χ1v) is 9.32. The van der Waals surface area contributed by atoms with Crippen LogP contribution in [0.25, 0.3) is 10.4 Å². The molecule has 0 aliphatic heterocycles. The van der Waals surface area contributed by atoms with E-state index in [9.17, 15) is 15.2 Å². The molecule has 2 aromatic carbocycles. The van der Waals surface area contributed by atoms with Gasteiger partial charge in [-0.15, -0.1) is 0 Å². The summed E-state index contributed by atoms with van der Waals surface area (Å²) < 4.78 is 0. The maximum Gasteiger partial charge on any atom is 0.273 e. The van der Waals surface area contributed by atoms with E-state index in [0.29, 0.717) is 16.3 Å². The largest absolute Gasteiger partial charge is 0.369 e. The van der Waals surface area contributed by atoms with Gasteiger partial charge in [-0.1, -0.05) is 74.6 Å². The Morgan fingerprint density at radius 3 is 2.52 bits per heavy atom. The van der Waals surface area contributed by atoms with Crippen LogP contribution in [0.4, 0.5) is 10.8 Å². The Balaban J connectivity index is 1.82. The lowest BCUT2D eigenvalue weighted by Crippen LogP contribution is -2.15. The van der Waals surface area contributed by atoms with Crippen molar-refractivity contribution in [3.05, 3.63) is 76.0 Å². The molecule has 27 heavy (non-hydrogen) atoms. The number of rotatable bonds is 5. The molecule has 0 aliphatic carbocycles. The number of aromatic nitrogens is 1. The number of hydrogen-bond acceptors (Lipinski definition) is 6. The van der Waals surface area contributed by atoms with Crippen LogP contribution in [0.15, 0.2) is 54.7 Å². The van der Waals surface area contributed by atoms with Gasteiger partial charge in [0, 0.05) is 23.4 Å². The zero-order chi connectivity index (χ0) is 19.6. The monoisotopic (exact) mass is 383 g/mol. The van der Waals surface area contributed by atoms with Crippen LogP contribution < -0.4 is 5.32 Å². The molecule has 1 aromatic heterocycles. The summed E-state index contributed by atoms with van der Waals surface area (Å²) in [6, 6.07) is 14.7. The van der Waals surface area contributed by atoms with Crippen LogP contribution in [0.3, 0.4) is 0 Å². The smallest absolute Gasteiger partial charge is 0.273 e. The third-order valence-corrected chi connectivity index (χ3v) is 5.14. The molecule has 3 aromatic rings. The second-order valence-electron chi connectivity index (χ2n) is 7.23. The zero-order valence-electron chi connectivity index (χ0n) is 15.3. The molecule has 0 bridgehead atoms. The molecular weight excluding hydrogens is 362 g/mol. The van der Waals surface area contributed by atoms with Crippen molar-refractivity contribution in [1.82, 2.24) is 4.98 Å². The molecule has 0 radical (unpaired) electrons. The molecule has 0 spiro atoms. The Kier molecular flexibility index (Phi) is 5.25. The van der Waals surface area contributed by atoms with E-state index in [0.717, 1.165) is 10.4 Å². The van der Waals surface area contributed by atoms with E-state index in [-0.39, 0.29) is 11.1 Å². The normalized spacial score (nSPS) is 12.6. The fraction of sp³-hybridized carbons (Fsp3) is 0.250. The molecule has 0 saturated carbocycles. The first-order valence-electron chi connectivity index (χ1n) is 8.50. The molecule has 3 rings (SSSR count). The van der Waals surface area contributed by atoms with Crippen LogP contribution in [0.1, 0.15) is 38.1 Å². The Hall–Kier alpha value is -2.77. The van der Waals surface area contributed by atoms with Crippen molar-refractivity contribution in [3.63, 3.8) is 0 Å². The Morgan fingerprint density at radius 2 is 1.89 bits per heavy atom. The van der Waals surface area contributed by atoms with Gasteiger partial charge in [-0.25, -0.2) is 4.98 Å². The number of anilines is 1. The summed E-state index contributed by atoms with van der Waals surface area (Å²) in [7, 11) is 0. The summed E-state index contributed by atoms with van der Waals surface area (Å²) in [6.45, 7) is 5.76. The summed E-state index contributed by atoms with van der Waals surface area (Å²) >= 11 is 1.41. The quantitative estimate of drug-likeness (QED) is 0.363. The minimum absolute atomic E-state index is 0.00460. The number of thiazole rings is 1. The van der Waals surface area contributed by atoms with E-state index in [4.69, 9.17) is 0 Å². The number of benzene rings is 2. The van der Waals surface area contributed by atoms with Crippen molar-refractivity contribution < 1.29 is 10.0 Å². The number of aliphatic hydroxyl groups excluding tert-OH is 1. The van der Waals surface area contributed by atoms with Crippen LogP contribution in [-0.4, -0.2) is 15.0 Å². The van der Waals surface area contributed by atoms with Crippen LogP contribution in [-0.2, 0) is 5.41 Å². The van der Waals surface area contributed by atoms with Gasteiger partial charge in [0.25, 0.3) is 5.69 Å². The van der Waals surface area contributed by atoms with Gasteiger partial charge in [-0.2, -0.15) is 0 Å².